The zero-order chi connectivity index (χ0) is 22.1. The van der Waals surface area contributed by atoms with Gasteiger partial charge in [0.25, 0.3) is 5.91 Å². The van der Waals surface area contributed by atoms with Crippen molar-refractivity contribution >= 4 is 40.4 Å². The molecule has 32 heavy (non-hydrogen) atoms. The number of nitrogens with one attached hydrogen (secondary N) is 1. The van der Waals surface area contributed by atoms with Gasteiger partial charge >= 0.3 is 0 Å². The molecular weight excluding hydrogens is 447 g/mol. The molecule has 0 atom stereocenters. The first kappa shape index (κ1) is 20.1. The number of anilines is 1. The minimum Gasteiger partial charge on any atom is -0.322 e. The number of carbonyl (C=O) groups is 1. The highest BCUT2D eigenvalue weighted by Gasteiger charge is 2.13. The first-order valence-corrected chi connectivity index (χ1v) is 10.3. The first-order chi connectivity index (χ1) is 15.6. The Morgan fingerprint density at radius 1 is 0.875 bits per heavy atom. The van der Waals surface area contributed by atoms with Crippen molar-refractivity contribution in [2.45, 2.75) is 0 Å². The summed E-state index contributed by atoms with van der Waals surface area (Å²) in [7, 11) is 0. The molecule has 0 aliphatic carbocycles. The molecule has 0 radical (unpaired) electrons. The summed E-state index contributed by atoms with van der Waals surface area (Å²) >= 11 is 12.0. The predicted molar refractivity (Wildman–Crippen MR) is 124 cm³/mol. The molecule has 3 aromatic heterocycles. The zero-order valence-corrected chi connectivity index (χ0v) is 17.9. The lowest BCUT2D eigenvalue weighted by molar-refractivity contribution is 0.102. The standard InChI is InChI=1S/C23H14Cl2N6O/c24-15-6-9-17(18(25)13-15)23(32)27-16-7-4-14(5-8-16)19-10-11-21-28-29-22(31(21)30-19)20-3-1-2-12-26-20/h1-13H,(H,27,32). The zero-order valence-electron chi connectivity index (χ0n) is 16.4. The van der Waals surface area contributed by atoms with E-state index < -0.39 is 0 Å². The number of hydrogen-bond donors (Lipinski definition) is 1. The van der Waals surface area contributed by atoms with Crippen LogP contribution in [0.4, 0.5) is 5.69 Å². The fourth-order valence-corrected chi connectivity index (χ4v) is 3.69. The largest absolute Gasteiger partial charge is 0.322 e. The van der Waals surface area contributed by atoms with E-state index in [1.165, 1.54) is 6.07 Å². The van der Waals surface area contributed by atoms with Crippen molar-refractivity contribution in [3.63, 3.8) is 0 Å². The van der Waals surface area contributed by atoms with Crippen molar-refractivity contribution in [3.8, 4) is 22.8 Å². The van der Waals surface area contributed by atoms with E-state index in [2.05, 4.69) is 25.6 Å². The third-order valence-electron chi connectivity index (χ3n) is 4.77. The molecule has 0 bridgehead atoms. The minimum atomic E-state index is -0.316. The van der Waals surface area contributed by atoms with Gasteiger partial charge < -0.3 is 5.32 Å². The fraction of sp³-hybridized carbons (Fsp3) is 0. The number of carbonyl (C=O) groups excluding carboxylic acids is 1. The highest BCUT2D eigenvalue weighted by atomic mass is 35.5. The quantitative estimate of drug-likeness (QED) is 0.387. The molecule has 1 N–H and O–H groups in total. The average molecular weight is 461 g/mol. The summed E-state index contributed by atoms with van der Waals surface area (Å²) < 4.78 is 1.66. The molecule has 0 saturated carbocycles. The Balaban J connectivity index is 1.41. The summed E-state index contributed by atoms with van der Waals surface area (Å²) in [6.07, 6.45) is 1.70. The molecule has 5 rings (SSSR count). The van der Waals surface area contributed by atoms with Crippen molar-refractivity contribution in [2.24, 2.45) is 0 Å². The molecule has 0 unspecified atom stereocenters. The number of benzene rings is 2. The second-order valence-electron chi connectivity index (χ2n) is 6.88. The Morgan fingerprint density at radius 3 is 2.47 bits per heavy atom. The Bertz CT molecular complexity index is 1430. The monoisotopic (exact) mass is 460 g/mol. The lowest BCUT2D eigenvalue weighted by atomic mass is 10.1. The van der Waals surface area contributed by atoms with Gasteiger partial charge in [-0.1, -0.05) is 41.4 Å². The van der Waals surface area contributed by atoms with Crippen LogP contribution in [0, 0.1) is 0 Å². The molecule has 0 aliphatic rings. The van der Waals surface area contributed by atoms with E-state index in [9.17, 15) is 4.79 Å². The Hall–Kier alpha value is -3.81. The number of rotatable bonds is 4. The third-order valence-corrected chi connectivity index (χ3v) is 5.32. The van der Waals surface area contributed by atoms with Gasteiger partial charge in [-0.05, 0) is 54.6 Å². The third kappa shape index (κ3) is 3.91. The van der Waals surface area contributed by atoms with Crippen LogP contribution in [0.5, 0.6) is 0 Å². The minimum absolute atomic E-state index is 0.293. The summed E-state index contributed by atoms with van der Waals surface area (Å²) in [5.41, 5.74) is 3.89. The van der Waals surface area contributed by atoms with Crippen molar-refractivity contribution in [1.29, 1.82) is 0 Å². The summed E-state index contributed by atoms with van der Waals surface area (Å²) in [6.45, 7) is 0. The van der Waals surface area contributed by atoms with E-state index in [1.807, 2.05) is 42.5 Å². The van der Waals surface area contributed by atoms with Crippen LogP contribution in [0.25, 0.3) is 28.4 Å². The average Bonchev–Trinajstić information content (AvgIpc) is 3.23. The van der Waals surface area contributed by atoms with E-state index in [1.54, 1.807) is 35.0 Å². The lowest BCUT2D eigenvalue weighted by Gasteiger charge is -2.08. The molecule has 2 aromatic carbocycles. The Kier molecular flexibility index (Phi) is 5.26. The van der Waals surface area contributed by atoms with Crippen LogP contribution in [0.3, 0.4) is 0 Å². The number of halogens is 2. The van der Waals surface area contributed by atoms with Gasteiger partial charge in [-0.3, -0.25) is 9.78 Å². The van der Waals surface area contributed by atoms with Gasteiger partial charge in [0, 0.05) is 22.5 Å². The van der Waals surface area contributed by atoms with Crippen LogP contribution < -0.4 is 5.32 Å². The van der Waals surface area contributed by atoms with Crippen LogP contribution in [-0.2, 0) is 0 Å². The normalized spacial score (nSPS) is 10.9. The van der Waals surface area contributed by atoms with Gasteiger partial charge in [0.1, 0.15) is 5.69 Å². The van der Waals surface area contributed by atoms with Gasteiger partial charge in [0.15, 0.2) is 5.65 Å². The van der Waals surface area contributed by atoms with Crippen LogP contribution in [0.15, 0.2) is 79.0 Å². The molecular formula is C23H14Cl2N6O. The smallest absolute Gasteiger partial charge is 0.257 e. The van der Waals surface area contributed by atoms with Crippen LogP contribution in [0.1, 0.15) is 10.4 Å². The summed E-state index contributed by atoms with van der Waals surface area (Å²) in [5, 5.41) is 16.6. The summed E-state index contributed by atoms with van der Waals surface area (Å²) in [6, 6.07) is 21.4. The molecule has 7 nitrogen and oxygen atoms in total. The van der Waals surface area contributed by atoms with Gasteiger partial charge in [-0.25, -0.2) is 0 Å². The molecule has 0 spiro atoms. The van der Waals surface area contributed by atoms with Crippen LogP contribution in [0.2, 0.25) is 10.0 Å². The molecule has 5 aromatic rings. The van der Waals surface area contributed by atoms with Crippen LogP contribution >= 0.6 is 23.2 Å². The predicted octanol–water partition coefficient (Wildman–Crippen LogP) is 5.41. The van der Waals surface area contributed by atoms with E-state index in [-0.39, 0.29) is 5.91 Å². The maximum atomic E-state index is 12.5. The molecule has 0 aliphatic heterocycles. The van der Waals surface area contributed by atoms with E-state index in [4.69, 9.17) is 23.2 Å². The highest BCUT2D eigenvalue weighted by Crippen LogP contribution is 2.24. The van der Waals surface area contributed by atoms with Gasteiger partial charge in [-0.2, -0.15) is 9.61 Å². The molecule has 0 saturated heterocycles. The number of aromatic nitrogens is 5. The van der Waals surface area contributed by atoms with Crippen molar-refractivity contribution in [3.05, 3.63) is 94.6 Å². The van der Waals surface area contributed by atoms with Crippen molar-refractivity contribution in [1.82, 2.24) is 24.8 Å². The second-order valence-corrected chi connectivity index (χ2v) is 7.73. The Labute approximate surface area is 192 Å². The molecule has 1 amide bonds. The summed E-state index contributed by atoms with van der Waals surface area (Å²) in [4.78, 5) is 16.8. The van der Waals surface area contributed by atoms with E-state index in [0.29, 0.717) is 38.5 Å². The van der Waals surface area contributed by atoms with E-state index in [0.717, 1.165) is 11.3 Å². The van der Waals surface area contributed by atoms with Crippen LogP contribution in [-0.4, -0.2) is 30.7 Å². The molecule has 156 valence electrons. The number of pyridine rings is 1. The number of nitrogens with zero attached hydrogens (tertiary/aromatic N) is 5. The maximum absolute atomic E-state index is 12.5. The number of hydrogen-bond acceptors (Lipinski definition) is 5. The van der Waals surface area contributed by atoms with Crippen molar-refractivity contribution in [2.75, 3.05) is 5.32 Å². The van der Waals surface area contributed by atoms with Crippen molar-refractivity contribution < 1.29 is 4.79 Å². The van der Waals surface area contributed by atoms with E-state index >= 15 is 0 Å². The van der Waals surface area contributed by atoms with Gasteiger partial charge in [-0.15, -0.1) is 10.2 Å². The molecule has 3 heterocycles. The fourth-order valence-electron chi connectivity index (χ4n) is 3.19. The number of fused-ring (bicyclic) bond motifs is 1. The van der Waals surface area contributed by atoms with Gasteiger partial charge in [0.2, 0.25) is 5.82 Å². The second kappa shape index (κ2) is 8.37. The highest BCUT2D eigenvalue weighted by molar-refractivity contribution is 6.37. The summed E-state index contributed by atoms with van der Waals surface area (Å²) in [5.74, 6) is 0.245. The first-order valence-electron chi connectivity index (χ1n) is 9.59. The Morgan fingerprint density at radius 2 is 1.72 bits per heavy atom. The molecule has 9 heteroatoms. The molecule has 0 fully saturated rings. The number of amides is 1. The topological polar surface area (TPSA) is 85.1 Å². The SMILES string of the molecule is O=C(Nc1ccc(-c2ccc3nnc(-c4ccccn4)n3n2)cc1)c1ccc(Cl)cc1Cl. The maximum Gasteiger partial charge on any atom is 0.257 e. The lowest BCUT2D eigenvalue weighted by Crippen LogP contribution is -2.12. The van der Waals surface area contributed by atoms with Gasteiger partial charge in [0.05, 0.1) is 16.3 Å².